The molecule has 0 bridgehead atoms. The van der Waals surface area contributed by atoms with Crippen LogP contribution in [0.5, 0.6) is 0 Å². The number of hydrogen-bond acceptors (Lipinski definition) is 3. The van der Waals surface area contributed by atoms with Crippen LogP contribution in [0.25, 0.3) is 0 Å². The summed E-state index contributed by atoms with van der Waals surface area (Å²) in [5.74, 6) is 0.621. The molecule has 0 spiro atoms. The van der Waals surface area contributed by atoms with Crippen LogP contribution >= 0.6 is 0 Å². The van der Waals surface area contributed by atoms with Crippen LogP contribution in [0.4, 0.5) is 0 Å². The lowest BCUT2D eigenvalue weighted by atomic mass is 9.80. The Balaban J connectivity index is 2.12. The molecule has 0 N–H and O–H groups in total. The highest BCUT2D eigenvalue weighted by molar-refractivity contribution is 6.62. The fourth-order valence-corrected chi connectivity index (χ4v) is 2.09. The highest BCUT2D eigenvalue weighted by Gasteiger charge is 2.51. The first-order chi connectivity index (χ1) is 8.71. The molecule has 4 heteroatoms. The summed E-state index contributed by atoms with van der Waals surface area (Å²) in [4.78, 5) is 4.50. The summed E-state index contributed by atoms with van der Waals surface area (Å²) in [7, 11) is -0.314. The van der Waals surface area contributed by atoms with Crippen LogP contribution in [-0.4, -0.2) is 23.3 Å². The van der Waals surface area contributed by atoms with E-state index in [0.717, 1.165) is 17.6 Å². The van der Waals surface area contributed by atoms with Gasteiger partial charge < -0.3 is 9.31 Å². The molecular formula is C15H24BNO2. The van der Waals surface area contributed by atoms with E-state index in [1.165, 1.54) is 0 Å². The van der Waals surface area contributed by atoms with Gasteiger partial charge in [0.2, 0.25) is 0 Å². The van der Waals surface area contributed by atoms with Gasteiger partial charge in [0.1, 0.15) is 0 Å². The van der Waals surface area contributed by atoms with E-state index in [1.54, 1.807) is 0 Å². The maximum Gasteiger partial charge on any atom is 0.496 e. The van der Waals surface area contributed by atoms with Gasteiger partial charge >= 0.3 is 7.12 Å². The average molecular weight is 261 g/mol. The molecule has 19 heavy (non-hydrogen) atoms. The molecule has 0 amide bonds. The van der Waals surface area contributed by atoms with Crippen molar-refractivity contribution in [2.75, 3.05) is 0 Å². The molecule has 104 valence electrons. The third kappa shape index (κ3) is 3.01. The van der Waals surface area contributed by atoms with Crippen molar-refractivity contribution in [1.29, 1.82) is 0 Å². The first-order valence-corrected chi connectivity index (χ1v) is 7.02. The van der Waals surface area contributed by atoms with E-state index in [-0.39, 0.29) is 18.3 Å². The summed E-state index contributed by atoms with van der Waals surface area (Å²) in [5.41, 5.74) is 1.52. The van der Waals surface area contributed by atoms with Gasteiger partial charge in [-0.25, -0.2) is 0 Å². The van der Waals surface area contributed by atoms with Gasteiger partial charge in [0, 0.05) is 17.4 Å². The quantitative estimate of drug-likeness (QED) is 0.784. The van der Waals surface area contributed by atoms with Gasteiger partial charge in [-0.15, -0.1) is 0 Å². The van der Waals surface area contributed by atoms with Crippen molar-refractivity contribution < 1.29 is 9.31 Å². The predicted molar refractivity (Wildman–Crippen MR) is 78.5 cm³/mol. The molecule has 0 unspecified atom stereocenters. The molecule has 0 radical (unpaired) electrons. The predicted octanol–water partition coefficient (Wildman–Crippen LogP) is 2.58. The largest absolute Gasteiger partial charge is 0.496 e. The standard InChI is InChI=1S/C15H24BNO2/c1-11(2)9-13-8-7-12(10-17-13)16-18-14(3,4)15(5,6)19-16/h7-8,10-11H,9H2,1-6H3. The maximum absolute atomic E-state index is 6.01. The van der Waals surface area contributed by atoms with Crippen LogP contribution in [0.2, 0.25) is 0 Å². The van der Waals surface area contributed by atoms with Gasteiger partial charge in [-0.1, -0.05) is 19.9 Å². The maximum atomic E-state index is 6.01. The van der Waals surface area contributed by atoms with Crippen LogP contribution in [-0.2, 0) is 15.7 Å². The number of aromatic nitrogens is 1. The third-order valence-corrected chi connectivity index (χ3v) is 3.99. The Morgan fingerprint density at radius 3 is 2.11 bits per heavy atom. The molecule has 1 aromatic rings. The smallest absolute Gasteiger partial charge is 0.399 e. The van der Waals surface area contributed by atoms with Gasteiger partial charge in [-0.05, 0) is 46.1 Å². The number of pyridine rings is 1. The zero-order valence-electron chi connectivity index (χ0n) is 12.9. The monoisotopic (exact) mass is 261 g/mol. The minimum atomic E-state index is -0.314. The van der Waals surface area contributed by atoms with Crippen molar-refractivity contribution in [2.24, 2.45) is 5.92 Å². The van der Waals surface area contributed by atoms with Crippen molar-refractivity contribution in [2.45, 2.75) is 59.2 Å². The topological polar surface area (TPSA) is 31.4 Å². The molecule has 0 saturated carbocycles. The van der Waals surface area contributed by atoms with Gasteiger partial charge in [0.05, 0.1) is 11.2 Å². The Morgan fingerprint density at radius 2 is 1.68 bits per heavy atom. The van der Waals surface area contributed by atoms with Crippen molar-refractivity contribution in [1.82, 2.24) is 4.98 Å². The Bertz CT molecular complexity index is 424. The number of nitrogens with zero attached hydrogens (tertiary/aromatic N) is 1. The second-order valence-corrected chi connectivity index (χ2v) is 6.77. The van der Waals surface area contributed by atoms with Crippen LogP contribution in [0.15, 0.2) is 18.3 Å². The fourth-order valence-electron chi connectivity index (χ4n) is 2.09. The summed E-state index contributed by atoms with van der Waals surface area (Å²) in [6.07, 6.45) is 2.88. The SMILES string of the molecule is CC(C)Cc1ccc(B2OC(C)(C)C(C)(C)O2)cn1. The first kappa shape index (κ1) is 14.5. The molecule has 2 heterocycles. The van der Waals surface area contributed by atoms with Crippen molar-refractivity contribution >= 4 is 12.6 Å². The van der Waals surface area contributed by atoms with Gasteiger partial charge in [0.25, 0.3) is 0 Å². The summed E-state index contributed by atoms with van der Waals surface area (Å²) in [5, 5.41) is 0. The molecule has 0 aromatic carbocycles. The van der Waals surface area contributed by atoms with Crippen LogP contribution in [0, 0.1) is 5.92 Å². The fraction of sp³-hybridized carbons (Fsp3) is 0.667. The normalized spacial score (nSPS) is 21.1. The molecule has 3 nitrogen and oxygen atoms in total. The van der Waals surface area contributed by atoms with Gasteiger partial charge in [0.15, 0.2) is 0 Å². The molecule has 0 atom stereocenters. The number of hydrogen-bond donors (Lipinski definition) is 0. The van der Waals surface area contributed by atoms with Crippen LogP contribution in [0.3, 0.4) is 0 Å². The highest BCUT2D eigenvalue weighted by Crippen LogP contribution is 2.36. The molecule has 1 saturated heterocycles. The van der Waals surface area contributed by atoms with Crippen LogP contribution in [0.1, 0.15) is 47.2 Å². The minimum Gasteiger partial charge on any atom is -0.399 e. The van der Waals surface area contributed by atoms with Crippen molar-refractivity contribution in [3.05, 3.63) is 24.0 Å². The lowest BCUT2D eigenvalue weighted by Gasteiger charge is -2.32. The lowest BCUT2D eigenvalue weighted by Crippen LogP contribution is -2.41. The first-order valence-electron chi connectivity index (χ1n) is 7.02. The zero-order chi connectivity index (χ0) is 14.3. The van der Waals surface area contributed by atoms with E-state index in [1.807, 2.05) is 6.20 Å². The molecule has 1 aromatic heterocycles. The van der Waals surface area contributed by atoms with E-state index in [9.17, 15) is 0 Å². The highest BCUT2D eigenvalue weighted by atomic mass is 16.7. The van der Waals surface area contributed by atoms with E-state index in [4.69, 9.17) is 9.31 Å². The molecule has 1 fully saturated rings. The second kappa shape index (κ2) is 4.91. The van der Waals surface area contributed by atoms with Crippen molar-refractivity contribution in [3.8, 4) is 0 Å². The molecule has 1 aliphatic heterocycles. The molecular weight excluding hydrogens is 237 g/mol. The third-order valence-electron chi connectivity index (χ3n) is 3.99. The minimum absolute atomic E-state index is 0.297. The lowest BCUT2D eigenvalue weighted by molar-refractivity contribution is 0.00578. The summed E-state index contributed by atoms with van der Waals surface area (Å²) in [6, 6.07) is 4.13. The van der Waals surface area contributed by atoms with Gasteiger partial charge in [-0.2, -0.15) is 0 Å². The van der Waals surface area contributed by atoms with Crippen LogP contribution < -0.4 is 5.46 Å². The summed E-state index contributed by atoms with van der Waals surface area (Å²) >= 11 is 0. The van der Waals surface area contributed by atoms with Crippen molar-refractivity contribution in [3.63, 3.8) is 0 Å². The molecule has 0 aliphatic carbocycles. The number of rotatable bonds is 3. The van der Waals surface area contributed by atoms with E-state index in [0.29, 0.717) is 5.92 Å². The summed E-state index contributed by atoms with van der Waals surface area (Å²) in [6.45, 7) is 12.6. The second-order valence-electron chi connectivity index (χ2n) is 6.77. The Hall–Kier alpha value is -0.865. The van der Waals surface area contributed by atoms with E-state index in [2.05, 4.69) is 58.7 Å². The van der Waals surface area contributed by atoms with E-state index < -0.39 is 0 Å². The Morgan fingerprint density at radius 1 is 1.11 bits per heavy atom. The Labute approximate surface area is 116 Å². The Kier molecular flexibility index (Phi) is 3.76. The summed E-state index contributed by atoms with van der Waals surface area (Å²) < 4.78 is 12.0. The van der Waals surface area contributed by atoms with Gasteiger partial charge in [-0.3, -0.25) is 4.98 Å². The average Bonchev–Trinajstić information content (AvgIpc) is 2.48. The molecule has 2 rings (SSSR count). The van der Waals surface area contributed by atoms with E-state index >= 15 is 0 Å². The molecule has 1 aliphatic rings. The zero-order valence-corrected chi connectivity index (χ0v) is 12.9.